The van der Waals surface area contributed by atoms with E-state index in [0.717, 1.165) is 0 Å². The minimum absolute atomic E-state index is 0.00427. The predicted molar refractivity (Wildman–Crippen MR) is 92.2 cm³/mol. The fraction of sp³-hybridized carbons (Fsp3) is 0.526. The summed E-state index contributed by atoms with van der Waals surface area (Å²) >= 11 is 0. The molecule has 0 aliphatic carbocycles. The lowest BCUT2D eigenvalue weighted by atomic mass is 9.74. The number of rotatable bonds is 7. The number of hydrogen-bond donors (Lipinski definition) is 2. The summed E-state index contributed by atoms with van der Waals surface area (Å²) in [6.45, 7) is 2.17. The van der Waals surface area contributed by atoms with Crippen LogP contribution in [0.15, 0.2) is 30.3 Å². The van der Waals surface area contributed by atoms with Gasteiger partial charge in [0.25, 0.3) is 0 Å². The van der Waals surface area contributed by atoms with Gasteiger partial charge < -0.3 is 15.1 Å². The Bertz CT molecular complexity index is 630. The van der Waals surface area contributed by atoms with Crippen molar-refractivity contribution < 1.29 is 24.6 Å². The molecule has 6 heteroatoms. The van der Waals surface area contributed by atoms with Gasteiger partial charge in [0.15, 0.2) is 5.78 Å². The van der Waals surface area contributed by atoms with Gasteiger partial charge in [-0.3, -0.25) is 14.4 Å². The second-order valence-corrected chi connectivity index (χ2v) is 6.62. The number of ketones is 1. The molecule has 0 saturated carbocycles. The molecule has 2 rings (SSSR count). The van der Waals surface area contributed by atoms with Crippen molar-refractivity contribution >= 4 is 17.7 Å². The lowest BCUT2D eigenvalue weighted by Crippen LogP contribution is -2.57. The maximum atomic E-state index is 12.5. The molecule has 1 fully saturated rings. The van der Waals surface area contributed by atoms with Crippen molar-refractivity contribution in [2.45, 2.75) is 45.1 Å². The van der Waals surface area contributed by atoms with Gasteiger partial charge in [0.05, 0.1) is 6.10 Å². The first-order valence-corrected chi connectivity index (χ1v) is 8.68. The van der Waals surface area contributed by atoms with Crippen molar-refractivity contribution in [1.29, 1.82) is 0 Å². The van der Waals surface area contributed by atoms with E-state index in [1.807, 2.05) is 13.0 Å². The summed E-state index contributed by atoms with van der Waals surface area (Å²) in [7, 11) is 0. The Morgan fingerprint density at radius 3 is 2.48 bits per heavy atom. The second-order valence-electron chi connectivity index (χ2n) is 6.62. The average molecular weight is 347 g/mol. The van der Waals surface area contributed by atoms with Crippen molar-refractivity contribution in [3.8, 4) is 0 Å². The average Bonchev–Trinajstić information content (AvgIpc) is 2.62. The highest BCUT2D eigenvalue weighted by atomic mass is 16.4. The van der Waals surface area contributed by atoms with Gasteiger partial charge in [0.1, 0.15) is 5.41 Å². The van der Waals surface area contributed by atoms with Crippen molar-refractivity contribution in [2.24, 2.45) is 5.41 Å². The largest absolute Gasteiger partial charge is 0.481 e. The molecule has 1 aliphatic heterocycles. The molecule has 0 spiro atoms. The summed E-state index contributed by atoms with van der Waals surface area (Å²) < 4.78 is 0. The van der Waals surface area contributed by atoms with E-state index in [2.05, 4.69) is 0 Å². The molecule has 0 unspecified atom stereocenters. The summed E-state index contributed by atoms with van der Waals surface area (Å²) in [5.74, 6) is -1.42. The highest BCUT2D eigenvalue weighted by molar-refractivity contribution is 5.98. The van der Waals surface area contributed by atoms with Crippen LogP contribution in [-0.2, 0) is 9.59 Å². The maximum Gasteiger partial charge on any atom is 0.314 e. The third kappa shape index (κ3) is 4.25. The molecule has 1 aromatic rings. The zero-order valence-electron chi connectivity index (χ0n) is 14.5. The van der Waals surface area contributed by atoms with Crippen molar-refractivity contribution in [1.82, 2.24) is 4.90 Å². The van der Waals surface area contributed by atoms with Gasteiger partial charge in [-0.25, -0.2) is 0 Å². The summed E-state index contributed by atoms with van der Waals surface area (Å²) in [6.07, 6.45) is 0.347. The number of carbonyl (C=O) groups excluding carboxylic acids is 2. The van der Waals surface area contributed by atoms with Crippen LogP contribution in [0.5, 0.6) is 0 Å². The number of aliphatic hydroxyl groups is 1. The molecule has 1 saturated heterocycles. The molecule has 2 atom stereocenters. The van der Waals surface area contributed by atoms with Crippen LogP contribution in [0.25, 0.3) is 0 Å². The predicted octanol–water partition coefficient (Wildman–Crippen LogP) is 2.11. The number of carbonyl (C=O) groups is 3. The number of likely N-dealkylation sites (tertiary alicyclic amines) is 1. The van der Waals surface area contributed by atoms with Gasteiger partial charge in [0.2, 0.25) is 5.91 Å². The first-order valence-electron chi connectivity index (χ1n) is 8.68. The van der Waals surface area contributed by atoms with Crippen LogP contribution in [0.2, 0.25) is 0 Å². The van der Waals surface area contributed by atoms with E-state index in [4.69, 9.17) is 0 Å². The quantitative estimate of drug-likeness (QED) is 0.737. The van der Waals surface area contributed by atoms with Crippen LogP contribution in [-0.4, -0.2) is 52.0 Å². The number of piperidine rings is 1. The van der Waals surface area contributed by atoms with Gasteiger partial charge in [-0.2, -0.15) is 0 Å². The van der Waals surface area contributed by atoms with Crippen LogP contribution in [0.3, 0.4) is 0 Å². The zero-order chi connectivity index (χ0) is 18.4. The molecule has 2 N–H and O–H groups in total. The van der Waals surface area contributed by atoms with E-state index < -0.39 is 17.5 Å². The molecular formula is C19H25NO5. The number of carboxylic acids is 1. The Hall–Kier alpha value is -2.21. The minimum Gasteiger partial charge on any atom is -0.481 e. The van der Waals surface area contributed by atoms with Gasteiger partial charge in [-0.05, 0) is 12.8 Å². The van der Waals surface area contributed by atoms with Crippen LogP contribution in [0.1, 0.15) is 49.4 Å². The van der Waals surface area contributed by atoms with E-state index in [9.17, 15) is 24.6 Å². The Kier molecular flexibility index (Phi) is 6.31. The molecule has 1 aliphatic rings. The molecule has 136 valence electrons. The number of aliphatic hydroxyl groups excluding tert-OH is 1. The first kappa shape index (κ1) is 19.1. The van der Waals surface area contributed by atoms with Crippen molar-refractivity contribution in [2.75, 3.05) is 13.1 Å². The summed E-state index contributed by atoms with van der Waals surface area (Å²) in [4.78, 5) is 37.8. The summed E-state index contributed by atoms with van der Waals surface area (Å²) in [5, 5.41) is 19.8. The highest BCUT2D eigenvalue weighted by Crippen LogP contribution is 2.35. The van der Waals surface area contributed by atoms with Crippen LogP contribution >= 0.6 is 0 Å². The van der Waals surface area contributed by atoms with E-state index in [0.29, 0.717) is 24.9 Å². The lowest BCUT2D eigenvalue weighted by Gasteiger charge is -2.43. The van der Waals surface area contributed by atoms with Gasteiger partial charge in [0, 0.05) is 31.5 Å². The van der Waals surface area contributed by atoms with Crippen LogP contribution < -0.4 is 0 Å². The smallest absolute Gasteiger partial charge is 0.314 e. The number of Topliss-reactive ketones (excluding diaryl/α,β-unsaturated/α-hetero) is 1. The van der Waals surface area contributed by atoms with Crippen LogP contribution in [0.4, 0.5) is 0 Å². The van der Waals surface area contributed by atoms with Crippen molar-refractivity contribution in [3.05, 3.63) is 35.9 Å². The number of carboxylic acid groups (broad SMARTS) is 1. The Morgan fingerprint density at radius 1 is 1.20 bits per heavy atom. The monoisotopic (exact) mass is 347 g/mol. The second kappa shape index (κ2) is 8.25. The van der Waals surface area contributed by atoms with E-state index in [1.165, 1.54) is 4.90 Å². The topological polar surface area (TPSA) is 94.9 Å². The maximum absolute atomic E-state index is 12.5. The molecule has 1 heterocycles. The fourth-order valence-electron chi connectivity index (χ4n) is 3.45. The fourth-order valence-corrected chi connectivity index (χ4v) is 3.45. The lowest BCUT2D eigenvalue weighted by molar-refractivity contribution is -0.166. The first-order chi connectivity index (χ1) is 11.9. The molecule has 0 bridgehead atoms. The molecule has 0 radical (unpaired) electrons. The SMILES string of the molecule is CCC[C@@]1(C(=O)O)CN(C(=O)CCC(=O)c2ccccc2)CC[C@H]1O. The number of nitrogens with zero attached hydrogens (tertiary/aromatic N) is 1. The Labute approximate surface area is 147 Å². The number of benzene rings is 1. The molecular weight excluding hydrogens is 322 g/mol. The molecule has 1 amide bonds. The normalized spacial score (nSPS) is 23.3. The minimum atomic E-state index is -1.31. The molecule has 1 aromatic carbocycles. The van der Waals surface area contributed by atoms with E-state index in [1.54, 1.807) is 24.3 Å². The molecule has 6 nitrogen and oxygen atoms in total. The van der Waals surface area contributed by atoms with E-state index >= 15 is 0 Å². The van der Waals surface area contributed by atoms with Crippen molar-refractivity contribution in [3.63, 3.8) is 0 Å². The number of hydrogen-bond acceptors (Lipinski definition) is 4. The zero-order valence-corrected chi connectivity index (χ0v) is 14.5. The van der Waals surface area contributed by atoms with E-state index in [-0.39, 0.29) is 37.5 Å². The molecule has 25 heavy (non-hydrogen) atoms. The third-order valence-corrected chi connectivity index (χ3v) is 4.92. The Balaban J connectivity index is 1.99. The highest BCUT2D eigenvalue weighted by Gasteiger charge is 2.49. The summed E-state index contributed by atoms with van der Waals surface area (Å²) in [5.41, 5.74) is -0.748. The standard InChI is InChI=1S/C19H25NO5/c1-2-11-19(18(24)25)13-20(12-10-16(19)22)17(23)9-8-15(21)14-6-4-3-5-7-14/h3-7,16,22H,2,8-13H2,1H3,(H,24,25)/t16-,19-/m1/s1. The van der Waals surface area contributed by atoms with Gasteiger partial charge in [-0.15, -0.1) is 0 Å². The third-order valence-electron chi connectivity index (χ3n) is 4.92. The summed E-state index contributed by atoms with van der Waals surface area (Å²) in [6, 6.07) is 8.78. The van der Waals surface area contributed by atoms with Gasteiger partial charge >= 0.3 is 5.97 Å². The molecule has 0 aromatic heterocycles. The number of amides is 1. The van der Waals surface area contributed by atoms with Gasteiger partial charge in [-0.1, -0.05) is 43.7 Å². The van der Waals surface area contributed by atoms with Crippen LogP contribution in [0, 0.1) is 5.41 Å². The number of aliphatic carboxylic acids is 1. The Morgan fingerprint density at radius 2 is 1.88 bits per heavy atom.